The fourth-order valence-electron chi connectivity index (χ4n) is 0.826. The van der Waals surface area contributed by atoms with E-state index in [9.17, 15) is 4.39 Å². The van der Waals surface area contributed by atoms with E-state index in [0.29, 0.717) is 11.0 Å². The molecule has 0 radical (unpaired) electrons. The van der Waals surface area contributed by atoms with Gasteiger partial charge < -0.3 is 4.98 Å². The first kappa shape index (κ1) is 5.34. The molecule has 0 unspecified atom stereocenters. The van der Waals surface area contributed by atoms with Gasteiger partial charge in [0.05, 0.1) is 17.2 Å². The van der Waals surface area contributed by atoms with E-state index >= 15 is 0 Å². The number of imidazole rings is 1. The number of hydrogen-bond acceptors (Lipinski definition) is 2. The number of halogens is 1. The number of nitrogens with one attached hydrogen (secondary N) is 1. The van der Waals surface area contributed by atoms with Crippen LogP contribution in [0.2, 0.25) is 0 Å². The molecular weight excluding hydrogens is 133 g/mol. The third kappa shape index (κ3) is 0.655. The highest BCUT2D eigenvalue weighted by molar-refractivity contribution is 5.72. The molecule has 0 fully saturated rings. The molecule has 1 N–H and O–H groups in total. The third-order valence-corrected chi connectivity index (χ3v) is 1.25. The molecule has 0 bridgehead atoms. The van der Waals surface area contributed by atoms with E-state index in [0.717, 1.165) is 0 Å². The van der Waals surface area contributed by atoms with Crippen molar-refractivity contribution in [3.8, 4) is 0 Å². The summed E-state index contributed by atoms with van der Waals surface area (Å²) in [7, 11) is 0. The highest BCUT2D eigenvalue weighted by atomic mass is 19.1. The zero-order valence-electron chi connectivity index (χ0n) is 5.00. The largest absolute Gasteiger partial charge is 0.313 e. The van der Waals surface area contributed by atoms with Gasteiger partial charge in [-0.3, -0.25) is 4.98 Å². The molecule has 0 aliphatic heterocycles. The molecule has 0 atom stereocenters. The quantitative estimate of drug-likeness (QED) is 0.590. The molecule has 0 saturated heterocycles. The van der Waals surface area contributed by atoms with Crippen molar-refractivity contribution in [1.82, 2.24) is 15.0 Å². The highest BCUT2D eigenvalue weighted by Gasteiger charge is 1.97. The average molecular weight is 137 g/mol. The zero-order chi connectivity index (χ0) is 6.97. The number of fused-ring (bicyclic) bond motifs is 1. The number of hydrogen-bond donors (Lipinski definition) is 1. The number of nitrogens with zero attached hydrogens (tertiary/aromatic N) is 2. The lowest BCUT2D eigenvalue weighted by molar-refractivity contribution is 0.556. The first-order chi connectivity index (χ1) is 4.86. The van der Waals surface area contributed by atoms with Crippen molar-refractivity contribution in [1.29, 1.82) is 0 Å². The summed E-state index contributed by atoms with van der Waals surface area (Å²) in [6.45, 7) is 0. The van der Waals surface area contributed by atoms with Gasteiger partial charge >= 0.3 is 0 Å². The lowest BCUT2D eigenvalue weighted by Gasteiger charge is -1.80. The summed E-state index contributed by atoms with van der Waals surface area (Å²) < 4.78 is 12.3. The summed E-state index contributed by atoms with van der Waals surface area (Å²) in [5.74, 6) is 0. The van der Waals surface area contributed by atoms with E-state index < -0.39 is 6.08 Å². The van der Waals surface area contributed by atoms with Crippen LogP contribution in [-0.4, -0.2) is 15.0 Å². The molecule has 2 heterocycles. The van der Waals surface area contributed by atoms with Crippen molar-refractivity contribution >= 4 is 11.0 Å². The molecular formula is C6H4FN3. The molecule has 0 amide bonds. The predicted molar refractivity (Wildman–Crippen MR) is 33.8 cm³/mol. The summed E-state index contributed by atoms with van der Waals surface area (Å²) in [4.78, 5) is 9.76. The van der Waals surface area contributed by atoms with Crippen molar-refractivity contribution in [3.05, 3.63) is 24.5 Å². The van der Waals surface area contributed by atoms with E-state index in [1.165, 1.54) is 6.20 Å². The Balaban J connectivity index is 2.88. The van der Waals surface area contributed by atoms with Gasteiger partial charge in [0.1, 0.15) is 0 Å². The summed E-state index contributed by atoms with van der Waals surface area (Å²) in [6, 6.07) is 1.65. The Morgan fingerprint density at radius 1 is 1.50 bits per heavy atom. The van der Waals surface area contributed by atoms with Crippen LogP contribution >= 0.6 is 0 Å². The molecule has 3 nitrogen and oxygen atoms in total. The normalized spacial score (nSPS) is 10.5. The number of pyridine rings is 1. The molecule has 0 spiro atoms. The van der Waals surface area contributed by atoms with Crippen LogP contribution in [0, 0.1) is 6.08 Å². The fourth-order valence-corrected chi connectivity index (χ4v) is 0.826. The number of aromatic nitrogens is 3. The van der Waals surface area contributed by atoms with Crippen molar-refractivity contribution in [2.45, 2.75) is 0 Å². The molecule has 2 aromatic rings. The number of H-pyrrole nitrogens is 1. The maximum atomic E-state index is 12.3. The summed E-state index contributed by atoms with van der Waals surface area (Å²) in [6.07, 6.45) is 2.54. The van der Waals surface area contributed by atoms with E-state index in [-0.39, 0.29) is 0 Å². The lowest BCUT2D eigenvalue weighted by atomic mass is 10.4. The second kappa shape index (κ2) is 1.76. The van der Waals surface area contributed by atoms with E-state index in [1.807, 2.05) is 0 Å². The van der Waals surface area contributed by atoms with Gasteiger partial charge in [0.15, 0.2) is 0 Å². The van der Waals surface area contributed by atoms with E-state index in [2.05, 4.69) is 15.0 Å². The Morgan fingerprint density at radius 2 is 2.40 bits per heavy atom. The van der Waals surface area contributed by atoms with Crippen LogP contribution in [-0.2, 0) is 0 Å². The molecule has 2 rings (SSSR count). The highest BCUT2D eigenvalue weighted by Crippen LogP contribution is 2.06. The van der Waals surface area contributed by atoms with Crippen LogP contribution in [0.5, 0.6) is 0 Å². The van der Waals surface area contributed by atoms with Crippen molar-refractivity contribution < 1.29 is 4.39 Å². The maximum Gasteiger partial charge on any atom is 0.287 e. The second-order valence-electron chi connectivity index (χ2n) is 1.92. The number of rotatable bonds is 0. The van der Waals surface area contributed by atoms with Crippen molar-refractivity contribution in [3.63, 3.8) is 0 Å². The van der Waals surface area contributed by atoms with Crippen LogP contribution in [0.4, 0.5) is 4.39 Å². The Hall–Kier alpha value is -1.45. The Kier molecular flexibility index (Phi) is 0.943. The first-order valence-corrected chi connectivity index (χ1v) is 2.81. The van der Waals surface area contributed by atoms with Gasteiger partial charge in [0.25, 0.3) is 6.08 Å². The van der Waals surface area contributed by atoms with Crippen LogP contribution < -0.4 is 0 Å². The predicted octanol–water partition coefficient (Wildman–Crippen LogP) is 1.10. The molecule has 2 aromatic heterocycles. The minimum absolute atomic E-state index is 0.567. The van der Waals surface area contributed by atoms with Crippen molar-refractivity contribution in [2.24, 2.45) is 0 Å². The second-order valence-corrected chi connectivity index (χ2v) is 1.92. The first-order valence-electron chi connectivity index (χ1n) is 2.81. The van der Waals surface area contributed by atoms with Crippen LogP contribution in [0.25, 0.3) is 11.0 Å². The smallest absolute Gasteiger partial charge is 0.287 e. The SMILES string of the molecule is Fc1nc2ccncc2[nH]1. The van der Waals surface area contributed by atoms with E-state index in [1.54, 1.807) is 12.3 Å². The maximum absolute atomic E-state index is 12.3. The average Bonchev–Trinajstić information content (AvgIpc) is 2.27. The van der Waals surface area contributed by atoms with Gasteiger partial charge in [-0.2, -0.15) is 4.39 Å². The zero-order valence-corrected chi connectivity index (χ0v) is 5.00. The summed E-state index contributed by atoms with van der Waals surface area (Å²) in [5, 5.41) is 0. The van der Waals surface area contributed by atoms with E-state index in [4.69, 9.17) is 0 Å². The summed E-state index contributed by atoms with van der Waals surface area (Å²) >= 11 is 0. The van der Waals surface area contributed by atoms with Gasteiger partial charge in [-0.15, -0.1) is 0 Å². The van der Waals surface area contributed by atoms with Gasteiger partial charge in [-0.1, -0.05) is 0 Å². The minimum atomic E-state index is -0.567. The Morgan fingerprint density at radius 3 is 3.20 bits per heavy atom. The molecule has 50 valence electrons. The monoisotopic (exact) mass is 137 g/mol. The van der Waals surface area contributed by atoms with Gasteiger partial charge in [0, 0.05) is 6.20 Å². The number of aromatic amines is 1. The van der Waals surface area contributed by atoms with Crippen molar-refractivity contribution in [2.75, 3.05) is 0 Å². The molecule has 10 heavy (non-hydrogen) atoms. The molecule has 4 heteroatoms. The molecule has 0 aliphatic carbocycles. The summed E-state index contributed by atoms with van der Waals surface area (Å²) in [5.41, 5.74) is 1.23. The Labute approximate surface area is 55.9 Å². The standard InChI is InChI=1S/C6H4FN3/c7-6-9-4-1-2-8-3-5(4)10-6/h1-3H,(H,9,10). The van der Waals surface area contributed by atoms with Gasteiger partial charge in [-0.05, 0) is 6.07 Å². The van der Waals surface area contributed by atoms with Gasteiger partial charge in [-0.25, -0.2) is 4.98 Å². The minimum Gasteiger partial charge on any atom is -0.313 e. The molecule has 0 aromatic carbocycles. The van der Waals surface area contributed by atoms with Crippen LogP contribution in [0.1, 0.15) is 0 Å². The molecule has 0 saturated carbocycles. The Bertz CT molecular complexity index is 322. The third-order valence-electron chi connectivity index (χ3n) is 1.25. The topological polar surface area (TPSA) is 41.6 Å². The van der Waals surface area contributed by atoms with Gasteiger partial charge in [0.2, 0.25) is 0 Å². The lowest BCUT2D eigenvalue weighted by Crippen LogP contribution is -1.70. The molecule has 0 aliphatic rings. The fraction of sp³-hybridized carbons (Fsp3) is 0. The van der Waals surface area contributed by atoms with Crippen LogP contribution in [0.15, 0.2) is 18.5 Å². The van der Waals surface area contributed by atoms with Crippen LogP contribution in [0.3, 0.4) is 0 Å².